The van der Waals surface area contributed by atoms with Gasteiger partial charge in [-0.05, 0) is 49.4 Å². The second kappa shape index (κ2) is 7.00. The first kappa shape index (κ1) is 17.7. The molecule has 1 aromatic carbocycles. The Bertz CT molecular complexity index is 947. The van der Waals surface area contributed by atoms with Crippen molar-refractivity contribution in [3.05, 3.63) is 69.6 Å². The molecule has 1 aromatic heterocycles. The number of sulfone groups is 1. The summed E-state index contributed by atoms with van der Waals surface area (Å²) in [6, 6.07) is 10.6. The zero-order chi connectivity index (χ0) is 18.0. The Balaban J connectivity index is 2.07. The molecule has 1 N–H and O–H groups in total. The Labute approximate surface area is 148 Å². The summed E-state index contributed by atoms with van der Waals surface area (Å²) in [7, 11) is -3.22. The molecule has 0 bridgehead atoms. The third kappa shape index (κ3) is 4.10. The molecule has 0 spiro atoms. The maximum atomic E-state index is 12.0. The first-order chi connectivity index (χ1) is 11.8. The van der Waals surface area contributed by atoms with Gasteiger partial charge in [-0.2, -0.15) is 0 Å². The molecule has 3 rings (SSSR count). The largest absolute Gasteiger partial charge is 0.322 e. The Morgan fingerprint density at radius 3 is 2.28 bits per heavy atom. The van der Waals surface area contributed by atoms with Crippen molar-refractivity contribution in [3.63, 3.8) is 0 Å². The average Bonchev–Trinajstić information content (AvgIpc) is 3.08. The van der Waals surface area contributed by atoms with E-state index in [1.165, 1.54) is 19.1 Å². The number of aryl methyl sites for hydroxylation is 1. The zero-order valence-corrected chi connectivity index (χ0v) is 15.4. The van der Waals surface area contributed by atoms with Gasteiger partial charge in [0, 0.05) is 23.1 Å². The quantitative estimate of drug-likeness (QED) is 0.907. The first-order valence-corrected chi connectivity index (χ1v) is 10.5. The monoisotopic (exact) mass is 357 g/mol. The van der Waals surface area contributed by atoms with Crippen molar-refractivity contribution < 1.29 is 8.42 Å². The number of benzene rings is 1. The second-order valence-corrected chi connectivity index (χ2v) is 8.82. The number of hydrogen-bond acceptors (Lipinski definition) is 3. The lowest BCUT2D eigenvalue weighted by Crippen LogP contribution is -2.11. The van der Waals surface area contributed by atoms with E-state index in [0.29, 0.717) is 16.4 Å². The fourth-order valence-corrected chi connectivity index (χ4v) is 3.92. The highest BCUT2D eigenvalue weighted by Crippen LogP contribution is 2.31. The van der Waals surface area contributed by atoms with Crippen molar-refractivity contribution in [2.75, 3.05) is 6.26 Å². The maximum absolute atomic E-state index is 12.0. The van der Waals surface area contributed by atoms with Crippen molar-refractivity contribution in [3.8, 4) is 0 Å². The zero-order valence-electron chi connectivity index (χ0n) is 14.6. The molecule has 0 atom stereocenters. The lowest BCUT2D eigenvalue weighted by molar-refractivity contribution is 0.602. The first-order valence-electron chi connectivity index (χ1n) is 8.57. The van der Waals surface area contributed by atoms with Gasteiger partial charge in [0.1, 0.15) is 0 Å². The van der Waals surface area contributed by atoms with E-state index in [1.807, 2.05) is 24.3 Å². The van der Waals surface area contributed by atoms with Crippen LogP contribution in [0.4, 0.5) is 0 Å². The van der Waals surface area contributed by atoms with Crippen molar-refractivity contribution in [1.29, 1.82) is 0 Å². The molecule has 25 heavy (non-hydrogen) atoms. The fourth-order valence-electron chi connectivity index (χ4n) is 3.29. The minimum atomic E-state index is -3.22. The van der Waals surface area contributed by atoms with Crippen LogP contribution >= 0.6 is 0 Å². The molecule has 1 fully saturated rings. The van der Waals surface area contributed by atoms with Crippen molar-refractivity contribution >= 4 is 15.4 Å². The Morgan fingerprint density at radius 1 is 1.08 bits per heavy atom. The van der Waals surface area contributed by atoms with E-state index >= 15 is 0 Å². The van der Waals surface area contributed by atoms with Crippen molar-refractivity contribution in [2.24, 2.45) is 5.92 Å². The molecule has 1 aliphatic rings. The SMILES string of the molecule is Cc1ccc(/C(=C/C2CCCC2)c2ccc(S(C)(=O)=O)cc2)[nH]c1=O. The normalized spacial score (nSPS) is 16.3. The van der Waals surface area contributed by atoms with Gasteiger partial charge < -0.3 is 4.98 Å². The minimum absolute atomic E-state index is 0.0948. The van der Waals surface area contributed by atoms with Crippen molar-refractivity contribution in [2.45, 2.75) is 37.5 Å². The Morgan fingerprint density at radius 2 is 1.72 bits per heavy atom. The lowest BCUT2D eigenvalue weighted by Gasteiger charge is -2.12. The number of rotatable bonds is 4. The molecule has 1 heterocycles. The number of pyridine rings is 1. The number of hydrogen-bond donors (Lipinski definition) is 1. The van der Waals surface area contributed by atoms with Gasteiger partial charge in [-0.25, -0.2) is 8.42 Å². The summed E-state index contributed by atoms with van der Waals surface area (Å²) in [6.45, 7) is 1.78. The van der Waals surface area contributed by atoms with E-state index in [0.717, 1.165) is 29.7 Å². The molecule has 5 heteroatoms. The predicted molar refractivity (Wildman–Crippen MR) is 100 cm³/mol. The highest BCUT2D eigenvalue weighted by Gasteiger charge is 2.16. The van der Waals surface area contributed by atoms with E-state index in [-0.39, 0.29) is 5.56 Å². The standard InChI is InChI=1S/C20H23NO3S/c1-14-7-12-19(21-20(14)22)18(13-15-5-3-4-6-15)16-8-10-17(11-9-16)25(2,23)24/h7-13,15H,3-6H2,1-2H3,(H,21,22)/b18-13+. The lowest BCUT2D eigenvalue weighted by atomic mass is 9.96. The molecular formula is C20H23NO3S. The predicted octanol–water partition coefficient (Wildman–Crippen LogP) is 3.71. The van der Waals surface area contributed by atoms with Crippen LogP contribution in [0.3, 0.4) is 0 Å². The summed E-state index contributed by atoms with van der Waals surface area (Å²) >= 11 is 0. The third-order valence-corrected chi connectivity index (χ3v) is 5.92. The van der Waals surface area contributed by atoms with E-state index in [4.69, 9.17) is 0 Å². The van der Waals surface area contributed by atoms with Gasteiger partial charge in [0.05, 0.1) is 4.90 Å². The number of nitrogens with one attached hydrogen (secondary N) is 1. The van der Waals surface area contributed by atoms with E-state index in [2.05, 4.69) is 11.1 Å². The molecule has 0 radical (unpaired) electrons. The molecule has 0 amide bonds. The highest BCUT2D eigenvalue weighted by molar-refractivity contribution is 7.90. The number of aromatic nitrogens is 1. The Kier molecular flexibility index (Phi) is 4.95. The molecule has 0 unspecified atom stereocenters. The molecule has 1 saturated carbocycles. The van der Waals surface area contributed by atoms with Crippen LogP contribution in [0.5, 0.6) is 0 Å². The van der Waals surface area contributed by atoms with E-state index in [9.17, 15) is 13.2 Å². The molecule has 132 valence electrons. The van der Waals surface area contributed by atoms with Crippen LogP contribution < -0.4 is 5.56 Å². The summed E-state index contributed by atoms with van der Waals surface area (Å²) in [4.78, 5) is 15.3. The molecule has 0 aliphatic heterocycles. The van der Waals surface area contributed by atoms with E-state index in [1.54, 1.807) is 19.1 Å². The molecule has 2 aromatic rings. The van der Waals surface area contributed by atoms with Crippen molar-refractivity contribution in [1.82, 2.24) is 4.98 Å². The van der Waals surface area contributed by atoms with Gasteiger partial charge in [-0.3, -0.25) is 4.79 Å². The smallest absolute Gasteiger partial charge is 0.251 e. The minimum Gasteiger partial charge on any atom is -0.322 e. The van der Waals surface area contributed by atoms with Crippen LogP contribution in [0.25, 0.3) is 5.57 Å². The van der Waals surface area contributed by atoms with Crippen LogP contribution in [0, 0.1) is 12.8 Å². The summed E-state index contributed by atoms with van der Waals surface area (Å²) < 4.78 is 23.4. The van der Waals surface area contributed by atoms with Gasteiger partial charge in [-0.1, -0.05) is 37.1 Å². The molecular weight excluding hydrogens is 334 g/mol. The number of H-pyrrole nitrogens is 1. The summed E-state index contributed by atoms with van der Waals surface area (Å²) in [5.41, 5.74) is 3.23. The van der Waals surface area contributed by atoms with E-state index < -0.39 is 9.84 Å². The summed E-state index contributed by atoms with van der Waals surface area (Å²) in [6.07, 6.45) is 8.19. The topological polar surface area (TPSA) is 67.0 Å². The van der Waals surface area contributed by atoms with Gasteiger partial charge in [0.15, 0.2) is 9.84 Å². The fraction of sp³-hybridized carbons (Fsp3) is 0.350. The van der Waals surface area contributed by atoms with Crippen LogP contribution in [-0.2, 0) is 9.84 Å². The average molecular weight is 357 g/mol. The van der Waals surface area contributed by atoms with Gasteiger partial charge in [0.25, 0.3) is 5.56 Å². The third-order valence-electron chi connectivity index (χ3n) is 4.79. The summed E-state index contributed by atoms with van der Waals surface area (Å²) in [5, 5.41) is 0. The number of allylic oxidation sites excluding steroid dienone is 1. The van der Waals surface area contributed by atoms with Crippen LogP contribution in [-0.4, -0.2) is 19.7 Å². The maximum Gasteiger partial charge on any atom is 0.251 e. The Hall–Kier alpha value is -2.14. The van der Waals surface area contributed by atoms with Gasteiger partial charge >= 0.3 is 0 Å². The molecule has 4 nitrogen and oxygen atoms in total. The van der Waals surface area contributed by atoms with Gasteiger partial charge in [-0.15, -0.1) is 0 Å². The molecule has 1 aliphatic carbocycles. The highest BCUT2D eigenvalue weighted by atomic mass is 32.2. The summed E-state index contributed by atoms with van der Waals surface area (Å²) in [5.74, 6) is 0.495. The number of aromatic amines is 1. The van der Waals surface area contributed by atoms with Crippen LogP contribution in [0.2, 0.25) is 0 Å². The molecule has 0 saturated heterocycles. The van der Waals surface area contributed by atoms with Crippen LogP contribution in [0.15, 0.2) is 52.2 Å². The van der Waals surface area contributed by atoms with Crippen LogP contribution in [0.1, 0.15) is 42.5 Å². The van der Waals surface area contributed by atoms with Gasteiger partial charge in [0.2, 0.25) is 0 Å². The second-order valence-electron chi connectivity index (χ2n) is 6.81.